The average molecular weight is 278 g/mol. The lowest BCUT2D eigenvalue weighted by atomic mass is 10.3. The Morgan fingerprint density at radius 1 is 1.33 bits per heavy atom. The summed E-state index contributed by atoms with van der Waals surface area (Å²) in [6.45, 7) is 8.70. The van der Waals surface area contributed by atoms with Crippen LogP contribution in [0.3, 0.4) is 0 Å². The Morgan fingerprint density at radius 2 is 1.94 bits per heavy atom. The molecule has 1 fully saturated rings. The number of carbonyl (C=O) groups is 1. The van der Waals surface area contributed by atoms with Crippen LogP contribution in [-0.2, 0) is 4.79 Å². The van der Waals surface area contributed by atoms with Crippen molar-refractivity contribution in [2.24, 2.45) is 0 Å². The van der Waals surface area contributed by atoms with Crippen LogP contribution in [0.25, 0.3) is 0 Å². The quantitative estimate of drug-likeness (QED) is 0.763. The summed E-state index contributed by atoms with van der Waals surface area (Å²) in [5, 5.41) is 3.28. The number of halogens is 1. The second-order valence-electron chi connectivity index (χ2n) is 4.89. The van der Waals surface area contributed by atoms with Crippen LogP contribution in [0.2, 0.25) is 0 Å². The zero-order chi connectivity index (χ0) is 12.7. The summed E-state index contributed by atoms with van der Waals surface area (Å²) in [5.41, 5.74) is 0. The number of likely N-dealkylation sites (tertiary alicyclic amines) is 1. The van der Waals surface area contributed by atoms with Gasteiger partial charge in [-0.2, -0.15) is 0 Å². The summed E-state index contributed by atoms with van der Waals surface area (Å²) < 4.78 is 0. The molecule has 1 saturated heterocycles. The van der Waals surface area contributed by atoms with Gasteiger partial charge in [0.2, 0.25) is 5.91 Å². The first-order valence-electron chi connectivity index (χ1n) is 6.88. The van der Waals surface area contributed by atoms with E-state index < -0.39 is 0 Å². The molecule has 0 aliphatic carbocycles. The van der Waals surface area contributed by atoms with E-state index in [0.717, 1.165) is 45.4 Å². The predicted molar refractivity (Wildman–Crippen MR) is 78.3 cm³/mol. The third kappa shape index (κ3) is 5.55. The van der Waals surface area contributed by atoms with Gasteiger partial charge in [0.15, 0.2) is 0 Å². The lowest BCUT2D eigenvalue weighted by Gasteiger charge is -2.24. The molecule has 1 heterocycles. The zero-order valence-electron chi connectivity index (χ0n) is 11.9. The lowest BCUT2D eigenvalue weighted by molar-refractivity contribution is -0.132. The lowest BCUT2D eigenvalue weighted by Crippen LogP contribution is -2.41. The first kappa shape index (κ1) is 17.7. The van der Waals surface area contributed by atoms with E-state index in [-0.39, 0.29) is 12.4 Å². The molecule has 0 bridgehead atoms. The highest BCUT2D eigenvalue weighted by atomic mass is 35.5. The maximum absolute atomic E-state index is 12.1. The molecule has 18 heavy (non-hydrogen) atoms. The molecule has 5 heteroatoms. The molecule has 1 aliphatic rings. The van der Waals surface area contributed by atoms with Crippen LogP contribution < -0.4 is 5.32 Å². The third-order valence-corrected chi connectivity index (χ3v) is 3.38. The molecule has 108 valence electrons. The third-order valence-electron chi connectivity index (χ3n) is 3.38. The number of nitrogens with zero attached hydrogens (tertiary/aromatic N) is 2. The van der Waals surface area contributed by atoms with Crippen LogP contribution in [0, 0.1) is 0 Å². The number of hydrogen-bond acceptors (Lipinski definition) is 3. The Morgan fingerprint density at radius 3 is 2.39 bits per heavy atom. The number of amides is 1. The average Bonchev–Trinajstić information content (AvgIpc) is 2.76. The monoisotopic (exact) mass is 277 g/mol. The van der Waals surface area contributed by atoms with Crippen molar-refractivity contribution in [3.8, 4) is 0 Å². The molecule has 1 unspecified atom stereocenters. The largest absolute Gasteiger partial charge is 0.342 e. The SMILES string of the molecule is CCCN(CCC)C(=O)CN1CCC(NC)C1.Cl. The molecule has 0 saturated carbocycles. The number of likely N-dealkylation sites (N-methyl/N-ethyl adjacent to an activating group) is 1. The van der Waals surface area contributed by atoms with Crippen molar-refractivity contribution >= 4 is 18.3 Å². The van der Waals surface area contributed by atoms with Gasteiger partial charge in [-0.25, -0.2) is 0 Å². The zero-order valence-corrected chi connectivity index (χ0v) is 12.8. The fraction of sp³-hybridized carbons (Fsp3) is 0.923. The molecular weight excluding hydrogens is 250 g/mol. The molecule has 4 nitrogen and oxygen atoms in total. The fourth-order valence-electron chi connectivity index (χ4n) is 2.40. The number of carbonyl (C=O) groups excluding carboxylic acids is 1. The molecule has 0 spiro atoms. The van der Waals surface area contributed by atoms with Gasteiger partial charge >= 0.3 is 0 Å². The summed E-state index contributed by atoms with van der Waals surface area (Å²) >= 11 is 0. The van der Waals surface area contributed by atoms with E-state index in [0.29, 0.717) is 18.5 Å². The van der Waals surface area contributed by atoms with Crippen molar-refractivity contribution in [3.05, 3.63) is 0 Å². The van der Waals surface area contributed by atoms with E-state index >= 15 is 0 Å². The van der Waals surface area contributed by atoms with Gasteiger partial charge in [0.05, 0.1) is 6.54 Å². The van der Waals surface area contributed by atoms with Gasteiger partial charge in [-0.05, 0) is 26.3 Å². The standard InChI is InChI=1S/C13H27N3O.ClH/c1-4-7-16(8-5-2)13(17)11-15-9-6-12(10-15)14-3;/h12,14H,4-11H2,1-3H3;1H. The highest BCUT2D eigenvalue weighted by molar-refractivity contribution is 5.85. The van der Waals surface area contributed by atoms with Gasteiger partial charge in [-0.1, -0.05) is 13.8 Å². The highest BCUT2D eigenvalue weighted by Crippen LogP contribution is 2.09. The second kappa shape index (κ2) is 9.59. The summed E-state index contributed by atoms with van der Waals surface area (Å²) in [4.78, 5) is 16.4. The molecule has 0 aromatic rings. The Labute approximate surface area is 117 Å². The minimum Gasteiger partial charge on any atom is -0.342 e. The molecule has 0 aromatic carbocycles. The second-order valence-corrected chi connectivity index (χ2v) is 4.89. The van der Waals surface area contributed by atoms with Crippen LogP contribution in [0.5, 0.6) is 0 Å². The van der Waals surface area contributed by atoms with Gasteiger partial charge in [-0.3, -0.25) is 9.69 Å². The van der Waals surface area contributed by atoms with E-state index in [4.69, 9.17) is 0 Å². The van der Waals surface area contributed by atoms with Crippen molar-refractivity contribution < 1.29 is 4.79 Å². The van der Waals surface area contributed by atoms with Crippen LogP contribution >= 0.6 is 12.4 Å². The van der Waals surface area contributed by atoms with Crippen LogP contribution in [0.1, 0.15) is 33.1 Å². The first-order chi connectivity index (χ1) is 8.21. The smallest absolute Gasteiger partial charge is 0.236 e. The normalized spacial score (nSPS) is 19.6. The predicted octanol–water partition coefficient (Wildman–Crippen LogP) is 1.35. The summed E-state index contributed by atoms with van der Waals surface area (Å²) in [5.74, 6) is 0.297. The summed E-state index contributed by atoms with van der Waals surface area (Å²) in [7, 11) is 2.00. The van der Waals surface area contributed by atoms with Gasteiger partial charge in [-0.15, -0.1) is 12.4 Å². The fourth-order valence-corrected chi connectivity index (χ4v) is 2.40. The number of nitrogens with one attached hydrogen (secondary N) is 1. The van der Waals surface area contributed by atoms with E-state index in [1.807, 2.05) is 11.9 Å². The summed E-state index contributed by atoms with van der Waals surface area (Å²) in [6.07, 6.45) is 3.25. The van der Waals surface area contributed by atoms with Gasteiger partial charge in [0.25, 0.3) is 0 Å². The van der Waals surface area contributed by atoms with Gasteiger partial charge in [0.1, 0.15) is 0 Å². The molecular formula is C13H28ClN3O. The number of hydrogen-bond donors (Lipinski definition) is 1. The molecule has 0 radical (unpaired) electrons. The van der Waals surface area contributed by atoms with E-state index in [1.54, 1.807) is 0 Å². The number of rotatable bonds is 7. The van der Waals surface area contributed by atoms with Gasteiger partial charge < -0.3 is 10.2 Å². The minimum absolute atomic E-state index is 0. The topological polar surface area (TPSA) is 35.6 Å². The van der Waals surface area contributed by atoms with Crippen LogP contribution in [0.4, 0.5) is 0 Å². The molecule has 1 N–H and O–H groups in total. The van der Waals surface area contributed by atoms with E-state index in [9.17, 15) is 4.79 Å². The molecule has 1 atom stereocenters. The molecule has 1 rings (SSSR count). The maximum Gasteiger partial charge on any atom is 0.236 e. The Hall–Kier alpha value is -0.320. The Bertz CT molecular complexity index is 232. The van der Waals surface area contributed by atoms with Crippen molar-refractivity contribution in [3.63, 3.8) is 0 Å². The highest BCUT2D eigenvalue weighted by Gasteiger charge is 2.24. The van der Waals surface area contributed by atoms with Crippen molar-refractivity contribution in [1.82, 2.24) is 15.1 Å². The Balaban J connectivity index is 0.00000289. The molecule has 1 amide bonds. The van der Waals surface area contributed by atoms with E-state index in [1.165, 1.54) is 0 Å². The Kier molecular flexibility index (Phi) is 9.42. The minimum atomic E-state index is 0. The van der Waals surface area contributed by atoms with Crippen LogP contribution in [0.15, 0.2) is 0 Å². The van der Waals surface area contributed by atoms with Crippen molar-refractivity contribution in [2.75, 3.05) is 39.8 Å². The van der Waals surface area contributed by atoms with Gasteiger partial charge in [0, 0.05) is 32.2 Å². The van der Waals surface area contributed by atoms with Crippen LogP contribution in [-0.4, -0.2) is 61.5 Å². The molecule has 0 aromatic heterocycles. The molecule has 1 aliphatic heterocycles. The maximum atomic E-state index is 12.1. The van der Waals surface area contributed by atoms with Crippen molar-refractivity contribution in [2.45, 2.75) is 39.2 Å². The van der Waals surface area contributed by atoms with E-state index in [2.05, 4.69) is 24.1 Å². The summed E-state index contributed by atoms with van der Waals surface area (Å²) in [6, 6.07) is 0.564. The van der Waals surface area contributed by atoms with Crippen molar-refractivity contribution in [1.29, 1.82) is 0 Å². The first-order valence-corrected chi connectivity index (χ1v) is 6.88.